The molecule has 0 bridgehead atoms. The van der Waals surface area contributed by atoms with Crippen LogP contribution in [0.25, 0.3) is 0 Å². The molecular weight excluding hydrogens is 376 g/mol. The summed E-state index contributed by atoms with van der Waals surface area (Å²) in [5, 5.41) is 31.9. The van der Waals surface area contributed by atoms with E-state index in [1.807, 2.05) is 0 Å². The number of carboxylic acid groups (broad SMARTS) is 4. The van der Waals surface area contributed by atoms with Gasteiger partial charge < -0.3 is 20.4 Å². The van der Waals surface area contributed by atoms with Crippen molar-refractivity contribution in [2.45, 2.75) is 25.7 Å². The third kappa shape index (κ3) is 17.9. The van der Waals surface area contributed by atoms with Gasteiger partial charge in [-0.1, -0.05) is 0 Å². The predicted molar refractivity (Wildman–Crippen MR) is 59.0 cm³/mol. The van der Waals surface area contributed by atoms with Crippen LogP contribution in [0.3, 0.4) is 0 Å². The van der Waals surface area contributed by atoms with Crippen molar-refractivity contribution >= 4 is 35.4 Å². The first-order valence-corrected chi connectivity index (χ1v) is 5.03. The van der Waals surface area contributed by atoms with Crippen LogP contribution in [-0.4, -0.2) is 55.9 Å². The van der Waals surface area contributed by atoms with Crippen LogP contribution in [0.2, 0.25) is 0 Å². The summed E-state index contributed by atoms with van der Waals surface area (Å²) in [6.07, 6.45) is -1.73. The van der Waals surface area contributed by atoms with Gasteiger partial charge in [0.1, 0.15) is 0 Å². The number of carboxylic acids is 4. The molecule has 11 heteroatoms. The monoisotopic (exact) mass is 390 g/mol. The molecule has 21 heavy (non-hydrogen) atoms. The second-order valence-corrected chi connectivity index (χ2v) is 3.24. The van der Waals surface area contributed by atoms with E-state index in [0.717, 1.165) is 0 Å². The van der Waals surface area contributed by atoms with Crippen LogP contribution >= 0.6 is 0 Å². The summed E-state index contributed by atoms with van der Waals surface area (Å²) in [5.74, 6) is -7.64. The molecule has 0 rings (SSSR count). The summed E-state index contributed by atoms with van der Waals surface area (Å²) < 4.78 is 0. The molecule has 0 aromatic rings. The number of Topliss-reactive ketones (excluding diaryl/α,β-unsaturated/α-hetero) is 2. The van der Waals surface area contributed by atoms with E-state index in [4.69, 9.17) is 20.4 Å². The summed E-state index contributed by atoms with van der Waals surface area (Å²) in [6.45, 7) is 0. The maximum absolute atomic E-state index is 10.2. The van der Waals surface area contributed by atoms with Crippen molar-refractivity contribution in [2.75, 3.05) is 0 Å². The van der Waals surface area contributed by atoms with Gasteiger partial charge >= 0.3 is 23.9 Å². The molecule has 0 fully saturated rings. The Labute approximate surface area is 132 Å². The van der Waals surface area contributed by atoms with E-state index < -0.39 is 61.1 Å². The van der Waals surface area contributed by atoms with E-state index >= 15 is 0 Å². The van der Waals surface area contributed by atoms with Crippen LogP contribution in [0.15, 0.2) is 0 Å². The number of rotatable bonds is 8. The normalized spacial score (nSPS) is 8.38. The van der Waals surface area contributed by atoms with Crippen molar-refractivity contribution in [2.24, 2.45) is 0 Å². The SMILES string of the molecule is O=C(O)CCC(=O)C(=O)O.O=C(O)CCC(=O)C(=O)O.[Mo]. The molecule has 0 saturated heterocycles. The second kappa shape index (κ2) is 12.9. The maximum Gasteiger partial charge on any atom is 0.372 e. The topological polar surface area (TPSA) is 183 Å². The van der Waals surface area contributed by atoms with Gasteiger partial charge in [0.05, 0.1) is 12.8 Å². The largest absolute Gasteiger partial charge is 0.481 e. The average Bonchev–Trinajstić information content (AvgIpc) is 2.33. The molecular formula is C10H12MoO10. The van der Waals surface area contributed by atoms with E-state index in [-0.39, 0.29) is 21.1 Å². The average molecular weight is 388 g/mol. The Bertz CT molecular complexity index is 388. The van der Waals surface area contributed by atoms with Gasteiger partial charge in [0, 0.05) is 33.9 Å². The molecule has 118 valence electrons. The Morgan fingerprint density at radius 3 is 0.905 bits per heavy atom. The van der Waals surface area contributed by atoms with Crippen LogP contribution in [0.4, 0.5) is 0 Å². The zero-order valence-corrected chi connectivity index (χ0v) is 12.5. The first-order chi connectivity index (χ1) is 9.07. The first kappa shape index (κ1) is 24.0. The van der Waals surface area contributed by atoms with Crippen molar-refractivity contribution in [3.05, 3.63) is 0 Å². The Morgan fingerprint density at radius 1 is 0.524 bits per heavy atom. The fraction of sp³-hybridized carbons (Fsp3) is 0.400. The summed E-state index contributed by atoms with van der Waals surface area (Å²) in [7, 11) is 0. The molecule has 0 atom stereocenters. The molecule has 0 radical (unpaired) electrons. The number of aliphatic carboxylic acids is 4. The fourth-order valence-corrected chi connectivity index (χ4v) is 0.655. The maximum atomic E-state index is 10.2. The summed E-state index contributed by atoms with van der Waals surface area (Å²) >= 11 is 0. The zero-order chi connectivity index (χ0) is 16.3. The minimum Gasteiger partial charge on any atom is -0.481 e. The molecule has 4 N–H and O–H groups in total. The second-order valence-electron chi connectivity index (χ2n) is 3.24. The van der Waals surface area contributed by atoms with Gasteiger partial charge in [-0.2, -0.15) is 0 Å². The quantitative estimate of drug-likeness (QED) is 0.297. The van der Waals surface area contributed by atoms with Crippen molar-refractivity contribution in [3.63, 3.8) is 0 Å². The summed E-state index contributed by atoms with van der Waals surface area (Å²) in [6, 6.07) is 0. The van der Waals surface area contributed by atoms with Gasteiger partial charge in [-0.25, -0.2) is 9.59 Å². The van der Waals surface area contributed by atoms with Gasteiger partial charge in [0.25, 0.3) is 0 Å². The molecule has 0 aromatic carbocycles. The molecule has 0 aliphatic carbocycles. The molecule has 0 spiro atoms. The van der Waals surface area contributed by atoms with Crippen molar-refractivity contribution in [3.8, 4) is 0 Å². The molecule has 0 aromatic heterocycles. The van der Waals surface area contributed by atoms with E-state index in [9.17, 15) is 28.8 Å². The van der Waals surface area contributed by atoms with Crippen LogP contribution in [0.1, 0.15) is 25.7 Å². The van der Waals surface area contributed by atoms with Gasteiger partial charge in [0.2, 0.25) is 11.6 Å². The number of hydrogen-bond donors (Lipinski definition) is 4. The minimum atomic E-state index is -1.58. The van der Waals surface area contributed by atoms with Crippen molar-refractivity contribution < 1.29 is 70.3 Å². The number of carbonyl (C=O) groups is 6. The molecule has 0 unspecified atom stereocenters. The number of carbonyl (C=O) groups excluding carboxylic acids is 2. The van der Waals surface area contributed by atoms with E-state index in [0.29, 0.717) is 0 Å². The van der Waals surface area contributed by atoms with Gasteiger partial charge in [-0.05, 0) is 0 Å². The fourth-order valence-electron chi connectivity index (χ4n) is 0.655. The Kier molecular flexibility index (Phi) is 14.7. The Morgan fingerprint density at radius 2 is 0.762 bits per heavy atom. The molecule has 0 amide bonds. The smallest absolute Gasteiger partial charge is 0.372 e. The molecule has 0 aliphatic rings. The van der Waals surface area contributed by atoms with Crippen LogP contribution in [0.5, 0.6) is 0 Å². The molecule has 10 nitrogen and oxygen atoms in total. The summed E-state index contributed by atoms with van der Waals surface area (Å²) in [5.41, 5.74) is 0. The molecule has 0 aliphatic heterocycles. The molecule has 0 heterocycles. The Balaban J connectivity index is -0.000000295. The van der Waals surface area contributed by atoms with Crippen LogP contribution in [-0.2, 0) is 49.8 Å². The van der Waals surface area contributed by atoms with Gasteiger partial charge in [-0.3, -0.25) is 19.2 Å². The standard InChI is InChI=1S/2C5H6O5.Mo/c2*6-3(5(9)10)1-2-4(7)8;/h2*1-2H2,(H,7,8)(H,9,10);. The summed E-state index contributed by atoms with van der Waals surface area (Å²) in [4.78, 5) is 59.5. The third-order valence-corrected chi connectivity index (χ3v) is 1.61. The number of ketones is 2. The Hall–Kier alpha value is -2.09. The van der Waals surface area contributed by atoms with E-state index in [1.165, 1.54) is 0 Å². The zero-order valence-electron chi connectivity index (χ0n) is 10.5. The van der Waals surface area contributed by atoms with Crippen LogP contribution in [0, 0.1) is 0 Å². The van der Waals surface area contributed by atoms with Gasteiger partial charge in [0.15, 0.2) is 0 Å². The van der Waals surface area contributed by atoms with E-state index in [2.05, 4.69) is 0 Å². The predicted octanol–water partition coefficient (Wildman–Crippen LogP) is -0.993. The van der Waals surface area contributed by atoms with Crippen LogP contribution < -0.4 is 0 Å². The van der Waals surface area contributed by atoms with Crippen molar-refractivity contribution in [1.29, 1.82) is 0 Å². The first-order valence-electron chi connectivity index (χ1n) is 5.03. The molecule has 0 saturated carbocycles. The number of hydrogen-bond acceptors (Lipinski definition) is 6. The van der Waals surface area contributed by atoms with Crippen molar-refractivity contribution in [1.82, 2.24) is 0 Å². The van der Waals surface area contributed by atoms with Gasteiger partial charge in [-0.15, -0.1) is 0 Å². The third-order valence-electron chi connectivity index (χ3n) is 1.61. The van der Waals surface area contributed by atoms with E-state index in [1.54, 1.807) is 0 Å². The minimum absolute atomic E-state index is 0.